The number of hydrogen-bond acceptors (Lipinski definition) is 11. The maximum atomic E-state index is 15.0. The first kappa shape index (κ1) is 43.9. The molecule has 10 unspecified atom stereocenters. The SMILES string of the molecule is NCOc1cc(CCC(=O)C2CC(Cc3ccc(O)cc3O)C3CC4CC(C56CCCC5c5cc[nH]c5-c5ccccc56)C(c5cc(O)c(O)c(OCc6cccc(O)c6)c54)C3C2O)ccc1O. The highest BCUT2D eigenvalue weighted by Gasteiger charge is 2.64. The minimum absolute atomic E-state index is 0.0179. The number of aliphatic hydroxyl groups is 1. The number of rotatable bonds is 12. The highest BCUT2D eigenvalue weighted by atomic mass is 16.5. The molecular weight excluding hydrogens is 861 g/mol. The molecule has 3 saturated carbocycles. The molecule has 3 fully saturated rings. The van der Waals surface area contributed by atoms with Crippen molar-refractivity contribution in [2.75, 3.05) is 6.73 Å². The van der Waals surface area contributed by atoms with E-state index in [1.165, 1.54) is 28.8 Å². The van der Waals surface area contributed by atoms with E-state index >= 15 is 0 Å². The molecule has 1 aromatic heterocycles. The number of ketones is 1. The molecule has 0 spiro atoms. The molecule has 12 heteroatoms. The van der Waals surface area contributed by atoms with Crippen LogP contribution in [0.2, 0.25) is 0 Å². The molecule has 2 bridgehead atoms. The van der Waals surface area contributed by atoms with Gasteiger partial charge in [0.05, 0.1) is 6.10 Å². The highest BCUT2D eigenvalue weighted by molar-refractivity contribution is 5.82. The quantitative estimate of drug-likeness (QED) is 0.0416. The molecule has 352 valence electrons. The van der Waals surface area contributed by atoms with Gasteiger partial charge >= 0.3 is 0 Å². The number of aliphatic hydroxyl groups excluding tert-OH is 1. The average molecular weight is 919 g/mol. The number of carbonyl (C=O) groups is 1. The monoisotopic (exact) mass is 918 g/mol. The Bertz CT molecular complexity index is 2910. The van der Waals surface area contributed by atoms with E-state index in [-0.39, 0.29) is 107 Å². The first-order valence-corrected chi connectivity index (χ1v) is 24.1. The molecule has 0 amide bonds. The minimum Gasteiger partial charge on any atom is -0.508 e. The van der Waals surface area contributed by atoms with Gasteiger partial charge in [-0.2, -0.15) is 0 Å². The Hall–Kier alpha value is -6.63. The van der Waals surface area contributed by atoms with Gasteiger partial charge in [-0.25, -0.2) is 0 Å². The Morgan fingerprint density at radius 2 is 1.63 bits per heavy atom. The summed E-state index contributed by atoms with van der Waals surface area (Å²) in [6.07, 6.45) is 6.35. The van der Waals surface area contributed by atoms with Crippen LogP contribution >= 0.6 is 0 Å². The van der Waals surface area contributed by atoms with Gasteiger partial charge in [-0.05, 0) is 162 Å². The second kappa shape index (κ2) is 17.2. The lowest BCUT2D eigenvalue weighted by Gasteiger charge is -2.55. The van der Waals surface area contributed by atoms with Gasteiger partial charge in [-0.3, -0.25) is 10.5 Å². The van der Waals surface area contributed by atoms with Crippen LogP contribution in [0.1, 0.15) is 102 Å². The number of H-pyrrole nitrogens is 1. The summed E-state index contributed by atoms with van der Waals surface area (Å²) in [5, 5.41) is 79.3. The van der Waals surface area contributed by atoms with Crippen LogP contribution < -0.4 is 15.2 Å². The first-order valence-electron chi connectivity index (χ1n) is 24.1. The molecule has 5 aromatic carbocycles. The van der Waals surface area contributed by atoms with Crippen molar-refractivity contribution in [1.29, 1.82) is 0 Å². The molecule has 6 aliphatic carbocycles. The summed E-state index contributed by atoms with van der Waals surface area (Å²) in [5.41, 5.74) is 13.8. The number of aromatic amines is 1. The second-order valence-electron chi connectivity index (χ2n) is 20.1. The molecule has 0 saturated heterocycles. The van der Waals surface area contributed by atoms with Gasteiger partial charge in [-0.1, -0.05) is 55.0 Å². The van der Waals surface area contributed by atoms with Crippen LogP contribution in [0, 0.1) is 29.6 Å². The number of phenols is 6. The van der Waals surface area contributed by atoms with Gasteiger partial charge in [0.15, 0.2) is 23.0 Å². The fourth-order valence-corrected chi connectivity index (χ4v) is 14.3. The number of benzene rings is 5. The third-order valence-corrected chi connectivity index (χ3v) is 16.9. The van der Waals surface area contributed by atoms with Crippen molar-refractivity contribution in [3.63, 3.8) is 0 Å². The van der Waals surface area contributed by atoms with Gasteiger partial charge in [0.1, 0.15) is 36.4 Å². The minimum atomic E-state index is -1.09. The van der Waals surface area contributed by atoms with Crippen LogP contribution in [-0.4, -0.2) is 59.3 Å². The van der Waals surface area contributed by atoms with Crippen LogP contribution in [0.15, 0.2) is 103 Å². The Morgan fingerprint density at radius 3 is 2.46 bits per heavy atom. The Kier molecular flexibility index (Phi) is 11.1. The maximum Gasteiger partial charge on any atom is 0.200 e. The normalized spacial score (nSPS) is 27.5. The van der Waals surface area contributed by atoms with E-state index in [2.05, 4.69) is 35.3 Å². The Morgan fingerprint density at radius 1 is 0.794 bits per heavy atom. The smallest absolute Gasteiger partial charge is 0.200 e. The molecule has 0 radical (unpaired) electrons. The van der Waals surface area contributed by atoms with Crippen molar-refractivity contribution in [3.8, 4) is 57.3 Å². The Balaban J connectivity index is 1.07. The van der Waals surface area contributed by atoms with Crippen molar-refractivity contribution in [3.05, 3.63) is 142 Å². The average Bonchev–Trinajstić information content (AvgIpc) is 3.94. The van der Waals surface area contributed by atoms with Crippen LogP contribution in [-0.2, 0) is 29.7 Å². The number of phenolic OH excluding ortho intramolecular Hbond substituents is 6. The lowest BCUT2D eigenvalue weighted by atomic mass is 9.49. The summed E-state index contributed by atoms with van der Waals surface area (Å²) in [4.78, 5) is 18.5. The molecule has 6 aromatic rings. The van der Waals surface area contributed by atoms with Gasteiger partial charge in [0.25, 0.3) is 0 Å². The Labute approximate surface area is 394 Å². The third-order valence-electron chi connectivity index (χ3n) is 16.9. The van der Waals surface area contributed by atoms with Crippen LogP contribution in [0.25, 0.3) is 11.3 Å². The fraction of sp³-hybridized carbons (Fsp3) is 0.375. The number of nitrogens with two attached hydrogens (primary N) is 1. The summed E-state index contributed by atoms with van der Waals surface area (Å²) in [6, 6.07) is 28.9. The molecular formula is C56H58N2O10. The number of fused-ring (bicyclic) bond motifs is 8. The number of aryl methyl sites for hydroxylation is 1. The van der Waals surface area contributed by atoms with Crippen molar-refractivity contribution in [1.82, 2.24) is 4.98 Å². The van der Waals surface area contributed by atoms with E-state index in [4.69, 9.17) is 15.2 Å². The van der Waals surface area contributed by atoms with E-state index < -0.39 is 23.9 Å². The molecule has 10 atom stereocenters. The topological polar surface area (TPSA) is 219 Å². The summed E-state index contributed by atoms with van der Waals surface area (Å²) < 4.78 is 12.0. The number of carbonyl (C=O) groups excluding carboxylic acids is 1. The van der Waals surface area contributed by atoms with Crippen LogP contribution in [0.3, 0.4) is 0 Å². The lowest BCUT2D eigenvalue weighted by molar-refractivity contribution is -0.136. The van der Waals surface area contributed by atoms with Gasteiger partial charge in [-0.15, -0.1) is 0 Å². The molecule has 10 N–H and O–H groups in total. The lowest BCUT2D eigenvalue weighted by Crippen LogP contribution is -2.52. The largest absolute Gasteiger partial charge is 0.508 e. The van der Waals surface area contributed by atoms with E-state index in [0.29, 0.717) is 43.2 Å². The number of nitrogens with one attached hydrogen (secondary N) is 1. The zero-order valence-corrected chi connectivity index (χ0v) is 37.7. The molecule has 1 heterocycles. The van der Waals surface area contributed by atoms with Crippen LogP contribution in [0.4, 0.5) is 0 Å². The predicted octanol–water partition coefficient (Wildman–Crippen LogP) is 9.27. The zero-order valence-electron chi connectivity index (χ0n) is 37.7. The van der Waals surface area contributed by atoms with Gasteiger partial charge in [0.2, 0.25) is 5.75 Å². The van der Waals surface area contributed by atoms with E-state index in [1.54, 1.807) is 48.5 Å². The van der Waals surface area contributed by atoms with E-state index in [0.717, 1.165) is 41.6 Å². The summed E-state index contributed by atoms with van der Waals surface area (Å²) in [5.74, 6) is -2.60. The van der Waals surface area contributed by atoms with Crippen molar-refractivity contribution in [2.24, 2.45) is 35.3 Å². The third kappa shape index (κ3) is 7.14. The van der Waals surface area contributed by atoms with E-state index in [9.17, 15) is 40.5 Å². The number of aromatic hydroxyl groups is 6. The molecule has 12 nitrogen and oxygen atoms in total. The summed E-state index contributed by atoms with van der Waals surface area (Å²) >= 11 is 0. The van der Waals surface area contributed by atoms with Crippen molar-refractivity contribution < 1.29 is 50.0 Å². The van der Waals surface area contributed by atoms with Crippen molar-refractivity contribution >= 4 is 5.78 Å². The van der Waals surface area contributed by atoms with Crippen molar-refractivity contribution in [2.45, 2.75) is 93.7 Å². The summed E-state index contributed by atoms with van der Waals surface area (Å²) in [6.45, 7) is -0.108. The predicted molar refractivity (Wildman–Crippen MR) is 254 cm³/mol. The molecule has 6 aliphatic rings. The second-order valence-corrected chi connectivity index (χ2v) is 20.1. The number of ether oxygens (including phenoxy) is 2. The highest BCUT2D eigenvalue weighted by Crippen LogP contribution is 2.72. The number of hydrogen-bond donors (Lipinski definition) is 9. The zero-order chi connectivity index (χ0) is 47.0. The number of Topliss-reactive ketones (excluding diaryl/α,β-unsaturated/α-hetero) is 1. The maximum absolute atomic E-state index is 15.0. The fourth-order valence-electron chi connectivity index (χ4n) is 14.3. The van der Waals surface area contributed by atoms with Gasteiger partial charge < -0.3 is 50.2 Å². The molecule has 12 rings (SSSR count). The molecule has 0 aliphatic heterocycles. The standard InChI is InChI=1S/C56H58N2O10/c57-28-68-48-20-29(11-15-45(48)62)10-14-44(61)39-22-32(21-31-12-13-35(60)25-46(31)63)38-23-33-24-43(56-17-4-9-42(56)37-16-18-58-52(37)36-7-1-2-8-41(36)56)50(51(38)53(39)65)40-26-47(64)54(66)55(49(33)40)67-27-30-5-3-6-34(59)19-30/h1-3,5-8,11-13,15-16,18-20,25-26,32-33,38-39,42-43,50-51,53,58-60,62-66H,4,9-10,14,17,21-24,27-28,57H2. The van der Waals surface area contributed by atoms with Gasteiger partial charge in [0, 0.05) is 46.8 Å². The van der Waals surface area contributed by atoms with E-state index in [1.807, 2.05) is 12.3 Å². The first-order chi connectivity index (χ1) is 32.9. The number of aromatic nitrogens is 1. The van der Waals surface area contributed by atoms with Crippen LogP contribution in [0.5, 0.6) is 46.0 Å². The molecule has 68 heavy (non-hydrogen) atoms. The summed E-state index contributed by atoms with van der Waals surface area (Å²) in [7, 11) is 0.